The molecule has 0 aliphatic rings. The third-order valence-electron chi connectivity index (χ3n) is 5.32. The SMILES string of the molecule is CCCCCCc1ccc(Nc2nc(Nc3ccc(OCC(C)C)cc3)ncc2C(F)(F)F)cc1. The van der Waals surface area contributed by atoms with Crippen LogP contribution in [0.4, 0.5) is 36.3 Å². The molecule has 0 aliphatic heterocycles. The highest BCUT2D eigenvalue weighted by molar-refractivity contribution is 5.63. The number of hydrogen-bond acceptors (Lipinski definition) is 5. The second-order valence-corrected chi connectivity index (χ2v) is 8.94. The summed E-state index contributed by atoms with van der Waals surface area (Å²) in [6.45, 7) is 6.89. The van der Waals surface area contributed by atoms with Gasteiger partial charge in [0.2, 0.25) is 5.95 Å². The van der Waals surface area contributed by atoms with Gasteiger partial charge in [-0.1, -0.05) is 52.2 Å². The van der Waals surface area contributed by atoms with Crippen LogP contribution in [0.5, 0.6) is 5.75 Å². The molecular weight excluding hydrogens is 453 g/mol. The molecule has 0 saturated heterocycles. The number of ether oxygens (including phenoxy) is 1. The second-order valence-electron chi connectivity index (χ2n) is 8.94. The number of nitrogens with zero attached hydrogens (tertiary/aromatic N) is 2. The lowest BCUT2D eigenvalue weighted by Crippen LogP contribution is -2.12. The summed E-state index contributed by atoms with van der Waals surface area (Å²) in [5.74, 6) is 0.876. The fourth-order valence-electron chi connectivity index (χ4n) is 3.42. The molecule has 0 aliphatic carbocycles. The van der Waals surface area contributed by atoms with Crippen molar-refractivity contribution in [1.82, 2.24) is 9.97 Å². The molecule has 0 bridgehead atoms. The number of nitrogens with one attached hydrogen (secondary N) is 2. The first kappa shape index (κ1) is 26.3. The van der Waals surface area contributed by atoms with E-state index in [-0.39, 0.29) is 11.8 Å². The maximum atomic E-state index is 13.6. The first-order chi connectivity index (χ1) is 16.7. The normalized spacial score (nSPS) is 11.5. The summed E-state index contributed by atoms with van der Waals surface area (Å²) in [4.78, 5) is 7.99. The second kappa shape index (κ2) is 12.4. The molecule has 188 valence electrons. The van der Waals surface area contributed by atoms with Crippen LogP contribution in [-0.2, 0) is 12.6 Å². The molecule has 0 saturated carbocycles. The van der Waals surface area contributed by atoms with Gasteiger partial charge in [0.25, 0.3) is 0 Å². The summed E-state index contributed by atoms with van der Waals surface area (Å²) < 4.78 is 46.4. The summed E-state index contributed by atoms with van der Waals surface area (Å²) in [7, 11) is 0. The molecule has 2 aromatic carbocycles. The summed E-state index contributed by atoms with van der Waals surface area (Å²) >= 11 is 0. The Labute approximate surface area is 205 Å². The third kappa shape index (κ3) is 8.46. The van der Waals surface area contributed by atoms with Gasteiger partial charge in [-0.3, -0.25) is 0 Å². The van der Waals surface area contributed by atoms with Gasteiger partial charge >= 0.3 is 6.18 Å². The monoisotopic (exact) mass is 486 g/mol. The van der Waals surface area contributed by atoms with E-state index in [0.29, 0.717) is 29.6 Å². The molecule has 0 amide bonds. The molecule has 35 heavy (non-hydrogen) atoms. The number of halogens is 3. The van der Waals surface area contributed by atoms with Crippen molar-refractivity contribution in [2.75, 3.05) is 17.2 Å². The highest BCUT2D eigenvalue weighted by Gasteiger charge is 2.35. The Kier molecular flexibility index (Phi) is 9.34. The van der Waals surface area contributed by atoms with Gasteiger partial charge in [0.05, 0.1) is 6.61 Å². The molecular formula is C27H33F3N4O. The van der Waals surface area contributed by atoms with Crippen molar-refractivity contribution in [2.24, 2.45) is 5.92 Å². The van der Waals surface area contributed by atoms with Crippen LogP contribution >= 0.6 is 0 Å². The van der Waals surface area contributed by atoms with Crippen LogP contribution in [0.3, 0.4) is 0 Å². The molecule has 1 heterocycles. The number of aromatic nitrogens is 2. The average Bonchev–Trinajstić information content (AvgIpc) is 2.82. The number of unbranched alkanes of at least 4 members (excludes halogenated alkanes) is 3. The van der Waals surface area contributed by atoms with Gasteiger partial charge in [-0.15, -0.1) is 0 Å². The van der Waals surface area contributed by atoms with Crippen molar-refractivity contribution in [3.8, 4) is 5.75 Å². The number of rotatable bonds is 12. The van der Waals surface area contributed by atoms with Crippen molar-refractivity contribution >= 4 is 23.1 Å². The van der Waals surface area contributed by atoms with E-state index >= 15 is 0 Å². The largest absolute Gasteiger partial charge is 0.493 e. The minimum atomic E-state index is -4.59. The van der Waals surface area contributed by atoms with Gasteiger partial charge in [0, 0.05) is 17.6 Å². The molecule has 0 unspecified atom stereocenters. The van der Waals surface area contributed by atoms with E-state index < -0.39 is 11.7 Å². The van der Waals surface area contributed by atoms with Gasteiger partial charge in [-0.05, 0) is 60.7 Å². The quantitative estimate of drug-likeness (QED) is 0.253. The Morgan fingerprint density at radius 1 is 0.886 bits per heavy atom. The number of aryl methyl sites for hydroxylation is 1. The van der Waals surface area contributed by atoms with Crippen molar-refractivity contribution < 1.29 is 17.9 Å². The molecule has 8 heteroatoms. The van der Waals surface area contributed by atoms with E-state index in [0.717, 1.165) is 24.6 Å². The molecule has 1 aromatic heterocycles. The van der Waals surface area contributed by atoms with E-state index in [1.165, 1.54) is 19.3 Å². The predicted octanol–water partition coefficient (Wildman–Crippen LogP) is 8.14. The maximum absolute atomic E-state index is 13.6. The lowest BCUT2D eigenvalue weighted by molar-refractivity contribution is -0.137. The highest BCUT2D eigenvalue weighted by Crippen LogP contribution is 2.35. The van der Waals surface area contributed by atoms with E-state index in [2.05, 4.69) is 41.4 Å². The fraction of sp³-hybridized carbons (Fsp3) is 0.407. The zero-order chi connectivity index (χ0) is 25.3. The Morgan fingerprint density at radius 2 is 1.54 bits per heavy atom. The van der Waals surface area contributed by atoms with Crippen LogP contribution in [-0.4, -0.2) is 16.6 Å². The number of alkyl halides is 3. The van der Waals surface area contributed by atoms with E-state index in [9.17, 15) is 13.2 Å². The number of hydrogen-bond donors (Lipinski definition) is 2. The Balaban J connectivity index is 1.72. The van der Waals surface area contributed by atoms with Crippen molar-refractivity contribution in [2.45, 2.75) is 59.1 Å². The summed E-state index contributed by atoms with van der Waals surface area (Å²) in [5, 5.41) is 5.77. The van der Waals surface area contributed by atoms with Gasteiger partial charge < -0.3 is 15.4 Å². The zero-order valence-electron chi connectivity index (χ0n) is 20.5. The standard InChI is InChI=1S/C27H33F3N4O/c1-4-5-6-7-8-20-9-11-21(12-10-20)32-25-24(27(28,29)30)17-31-26(34-25)33-22-13-15-23(16-14-22)35-18-19(2)3/h9-17,19H,4-8,18H2,1-3H3,(H2,31,32,33,34). The Hall–Kier alpha value is -3.29. The molecule has 0 atom stereocenters. The molecule has 3 aromatic rings. The smallest absolute Gasteiger partial charge is 0.421 e. The van der Waals surface area contributed by atoms with Crippen molar-refractivity contribution in [3.63, 3.8) is 0 Å². The van der Waals surface area contributed by atoms with E-state index in [4.69, 9.17) is 4.74 Å². The molecule has 0 radical (unpaired) electrons. The topological polar surface area (TPSA) is 59.1 Å². The average molecular weight is 487 g/mol. The first-order valence-electron chi connectivity index (χ1n) is 12.0. The third-order valence-corrected chi connectivity index (χ3v) is 5.32. The molecule has 5 nitrogen and oxygen atoms in total. The lowest BCUT2D eigenvalue weighted by Gasteiger charge is -2.15. The van der Waals surface area contributed by atoms with Gasteiger partial charge in [0.15, 0.2) is 0 Å². The lowest BCUT2D eigenvalue weighted by atomic mass is 10.1. The van der Waals surface area contributed by atoms with Gasteiger partial charge in [0.1, 0.15) is 17.1 Å². The van der Waals surface area contributed by atoms with Crippen LogP contribution in [0.1, 0.15) is 57.6 Å². The van der Waals surface area contributed by atoms with Crippen molar-refractivity contribution in [3.05, 3.63) is 65.9 Å². The summed E-state index contributed by atoms with van der Waals surface area (Å²) in [6.07, 6.45) is 1.82. The fourth-order valence-corrected chi connectivity index (χ4v) is 3.42. The Bertz CT molecular complexity index is 1050. The minimum Gasteiger partial charge on any atom is -0.493 e. The van der Waals surface area contributed by atoms with E-state index in [1.54, 1.807) is 36.4 Å². The van der Waals surface area contributed by atoms with Gasteiger partial charge in [-0.2, -0.15) is 18.2 Å². The molecule has 3 rings (SSSR count). The molecule has 0 spiro atoms. The van der Waals surface area contributed by atoms with Crippen LogP contribution in [0.15, 0.2) is 54.7 Å². The first-order valence-corrected chi connectivity index (χ1v) is 12.0. The number of benzene rings is 2. The number of anilines is 4. The van der Waals surface area contributed by atoms with Gasteiger partial charge in [-0.25, -0.2) is 4.98 Å². The van der Waals surface area contributed by atoms with Crippen LogP contribution in [0, 0.1) is 5.92 Å². The van der Waals surface area contributed by atoms with Crippen LogP contribution in [0.2, 0.25) is 0 Å². The summed E-state index contributed by atoms with van der Waals surface area (Å²) in [5.41, 5.74) is 1.40. The maximum Gasteiger partial charge on any atom is 0.421 e. The summed E-state index contributed by atoms with van der Waals surface area (Å²) in [6, 6.07) is 14.5. The molecule has 0 fully saturated rings. The molecule has 2 N–H and O–H groups in total. The Morgan fingerprint density at radius 3 is 2.17 bits per heavy atom. The van der Waals surface area contributed by atoms with Crippen LogP contribution in [0.25, 0.3) is 0 Å². The van der Waals surface area contributed by atoms with Crippen LogP contribution < -0.4 is 15.4 Å². The van der Waals surface area contributed by atoms with Crippen molar-refractivity contribution in [1.29, 1.82) is 0 Å². The minimum absolute atomic E-state index is 0.0592. The van der Waals surface area contributed by atoms with E-state index in [1.807, 2.05) is 12.1 Å². The zero-order valence-corrected chi connectivity index (χ0v) is 20.5. The predicted molar refractivity (Wildman–Crippen MR) is 135 cm³/mol. The highest BCUT2D eigenvalue weighted by atomic mass is 19.4.